The van der Waals surface area contributed by atoms with Gasteiger partial charge in [0.1, 0.15) is 5.82 Å². The van der Waals surface area contributed by atoms with Crippen molar-refractivity contribution in [3.05, 3.63) is 34.6 Å². The molecule has 0 unspecified atom stereocenters. The Morgan fingerprint density at radius 1 is 1.56 bits per heavy atom. The zero-order valence-corrected chi connectivity index (χ0v) is 8.79. The van der Waals surface area contributed by atoms with Crippen molar-refractivity contribution in [2.75, 3.05) is 7.11 Å². The largest absolute Gasteiger partial charge is 0.469 e. The number of carbonyl (C=O) groups excluding carboxylic acids is 1. The summed E-state index contributed by atoms with van der Waals surface area (Å²) in [7, 11) is 1.23. The van der Waals surface area contributed by atoms with Crippen molar-refractivity contribution in [1.82, 2.24) is 0 Å². The monoisotopic (exact) mass is 222 g/mol. The van der Waals surface area contributed by atoms with Gasteiger partial charge < -0.3 is 10.5 Å². The molecule has 1 aromatic rings. The molecule has 0 saturated carbocycles. The average molecular weight is 222 g/mol. The van der Waals surface area contributed by atoms with Gasteiger partial charge in [0.15, 0.2) is 0 Å². The Morgan fingerprint density at radius 2 is 2.19 bits per heavy atom. The molecule has 0 aliphatic heterocycles. The van der Waals surface area contributed by atoms with Crippen LogP contribution < -0.4 is 5.73 Å². The van der Waals surface area contributed by atoms with E-state index >= 15 is 0 Å². The first kappa shape index (κ1) is 12.1. The Labute approximate surface area is 92.4 Å². The van der Waals surface area contributed by atoms with Gasteiger partial charge in [-0.1, -0.05) is 0 Å². The van der Waals surface area contributed by atoms with E-state index < -0.39 is 11.8 Å². The lowest BCUT2D eigenvalue weighted by molar-refractivity contribution is -0.139. The second-order valence-electron chi connectivity index (χ2n) is 3.17. The zero-order chi connectivity index (χ0) is 12.1. The van der Waals surface area contributed by atoms with Crippen LogP contribution >= 0.6 is 0 Å². The van der Waals surface area contributed by atoms with Gasteiger partial charge in [0.2, 0.25) is 0 Å². The highest BCUT2D eigenvalue weighted by Crippen LogP contribution is 2.17. The molecule has 1 rings (SSSR count). The molecule has 0 saturated heterocycles. The van der Waals surface area contributed by atoms with Crippen molar-refractivity contribution in [1.29, 1.82) is 5.26 Å². The molecule has 0 atom stereocenters. The molecule has 84 valence electrons. The summed E-state index contributed by atoms with van der Waals surface area (Å²) >= 11 is 0. The number of nitriles is 1. The molecular weight excluding hydrogens is 211 g/mol. The van der Waals surface area contributed by atoms with E-state index in [2.05, 4.69) is 4.74 Å². The van der Waals surface area contributed by atoms with Crippen LogP contribution in [0, 0.1) is 17.1 Å². The molecule has 0 bridgehead atoms. The zero-order valence-electron chi connectivity index (χ0n) is 8.79. The Morgan fingerprint density at radius 3 is 2.69 bits per heavy atom. The molecule has 0 amide bonds. The lowest BCUT2D eigenvalue weighted by atomic mass is 9.99. The van der Waals surface area contributed by atoms with Crippen LogP contribution in [0.3, 0.4) is 0 Å². The summed E-state index contributed by atoms with van der Waals surface area (Å²) < 4.78 is 17.6. The number of benzene rings is 1. The Balaban J connectivity index is 3.21. The van der Waals surface area contributed by atoms with Crippen molar-refractivity contribution in [2.45, 2.75) is 13.0 Å². The van der Waals surface area contributed by atoms with Crippen LogP contribution in [-0.4, -0.2) is 13.1 Å². The highest BCUT2D eigenvalue weighted by atomic mass is 19.1. The predicted octanol–water partition coefficient (Wildman–Crippen LogP) is 0.872. The van der Waals surface area contributed by atoms with Crippen LogP contribution in [-0.2, 0) is 22.5 Å². The standard InChI is InChI=1S/C11H11FN2O2/c1-16-11(15)4-7-2-9(12)3-8(5-13)10(7)6-14/h2-3H,4-5,13H2,1H3. The quantitative estimate of drug-likeness (QED) is 0.770. The van der Waals surface area contributed by atoms with Crippen LogP contribution in [0.2, 0.25) is 0 Å². The maximum absolute atomic E-state index is 13.2. The fourth-order valence-corrected chi connectivity index (χ4v) is 1.40. The summed E-state index contributed by atoms with van der Waals surface area (Å²) in [5.74, 6) is -1.04. The third-order valence-electron chi connectivity index (χ3n) is 2.16. The summed E-state index contributed by atoms with van der Waals surface area (Å²) in [5, 5.41) is 8.93. The van der Waals surface area contributed by atoms with E-state index in [9.17, 15) is 9.18 Å². The number of rotatable bonds is 3. The number of nitrogens with zero attached hydrogens (tertiary/aromatic N) is 1. The van der Waals surface area contributed by atoms with Gasteiger partial charge in [-0.05, 0) is 23.3 Å². The van der Waals surface area contributed by atoms with E-state index in [1.165, 1.54) is 13.2 Å². The van der Waals surface area contributed by atoms with Gasteiger partial charge in [-0.15, -0.1) is 0 Å². The van der Waals surface area contributed by atoms with Gasteiger partial charge in [-0.25, -0.2) is 4.39 Å². The van der Waals surface area contributed by atoms with Gasteiger partial charge in [0.25, 0.3) is 0 Å². The SMILES string of the molecule is COC(=O)Cc1cc(F)cc(CN)c1C#N. The molecule has 1 aromatic carbocycles. The molecule has 0 aliphatic carbocycles. The fourth-order valence-electron chi connectivity index (χ4n) is 1.40. The predicted molar refractivity (Wildman–Crippen MR) is 54.7 cm³/mol. The van der Waals surface area contributed by atoms with Gasteiger partial charge >= 0.3 is 5.97 Å². The molecule has 0 fully saturated rings. The number of nitrogens with two attached hydrogens (primary N) is 1. The fraction of sp³-hybridized carbons (Fsp3) is 0.273. The van der Waals surface area contributed by atoms with E-state index in [0.29, 0.717) is 11.1 Å². The van der Waals surface area contributed by atoms with E-state index in [0.717, 1.165) is 6.07 Å². The molecule has 16 heavy (non-hydrogen) atoms. The van der Waals surface area contributed by atoms with Crippen molar-refractivity contribution in [3.8, 4) is 6.07 Å². The minimum Gasteiger partial charge on any atom is -0.469 e. The molecule has 0 heterocycles. The van der Waals surface area contributed by atoms with Crippen LogP contribution in [0.1, 0.15) is 16.7 Å². The van der Waals surface area contributed by atoms with Gasteiger partial charge in [-0.3, -0.25) is 4.79 Å². The molecule has 4 nitrogen and oxygen atoms in total. The number of hydrogen-bond acceptors (Lipinski definition) is 4. The van der Waals surface area contributed by atoms with E-state index in [-0.39, 0.29) is 18.5 Å². The molecule has 0 aliphatic rings. The number of hydrogen-bond donors (Lipinski definition) is 1. The summed E-state index contributed by atoms with van der Waals surface area (Å²) in [6.45, 7) is 0.0504. The Kier molecular flexibility index (Phi) is 3.97. The smallest absolute Gasteiger partial charge is 0.310 e. The van der Waals surface area contributed by atoms with Crippen LogP contribution in [0.4, 0.5) is 4.39 Å². The van der Waals surface area contributed by atoms with Crippen LogP contribution in [0.5, 0.6) is 0 Å². The first-order chi connectivity index (χ1) is 7.62. The maximum Gasteiger partial charge on any atom is 0.310 e. The molecule has 0 spiro atoms. The maximum atomic E-state index is 13.2. The topological polar surface area (TPSA) is 76.1 Å². The molecule has 2 N–H and O–H groups in total. The van der Waals surface area contributed by atoms with Crippen molar-refractivity contribution < 1.29 is 13.9 Å². The van der Waals surface area contributed by atoms with Crippen LogP contribution in [0.25, 0.3) is 0 Å². The number of methoxy groups -OCH3 is 1. The Hall–Kier alpha value is -1.93. The number of halogens is 1. The normalized spacial score (nSPS) is 9.62. The van der Waals surface area contributed by atoms with Gasteiger partial charge in [-0.2, -0.15) is 5.26 Å². The minimum absolute atomic E-state index is 0.0504. The summed E-state index contributed by atoms with van der Waals surface area (Å²) in [5.41, 5.74) is 6.33. The third kappa shape index (κ3) is 2.55. The highest BCUT2D eigenvalue weighted by molar-refractivity contribution is 5.73. The lowest BCUT2D eigenvalue weighted by Gasteiger charge is -2.07. The number of ether oxygens (including phenoxy) is 1. The van der Waals surface area contributed by atoms with Crippen molar-refractivity contribution in [2.24, 2.45) is 5.73 Å². The molecule has 0 radical (unpaired) electrons. The van der Waals surface area contributed by atoms with E-state index in [1.54, 1.807) is 0 Å². The number of carbonyl (C=O) groups is 1. The van der Waals surface area contributed by atoms with E-state index in [1.807, 2.05) is 6.07 Å². The summed E-state index contributed by atoms with van der Waals surface area (Å²) in [4.78, 5) is 11.1. The van der Waals surface area contributed by atoms with Crippen LogP contribution in [0.15, 0.2) is 12.1 Å². The highest BCUT2D eigenvalue weighted by Gasteiger charge is 2.13. The summed E-state index contributed by atoms with van der Waals surface area (Å²) in [6, 6.07) is 4.26. The second-order valence-corrected chi connectivity index (χ2v) is 3.17. The van der Waals surface area contributed by atoms with Gasteiger partial charge in [0.05, 0.1) is 25.2 Å². The van der Waals surface area contributed by atoms with Crippen molar-refractivity contribution >= 4 is 5.97 Å². The third-order valence-corrected chi connectivity index (χ3v) is 2.16. The summed E-state index contributed by atoms with van der Waals surface area (Å²) in [6.07, 6.45) is -0.135. The first-order valence-electron chi connectivity index (χ1n) is 4.60. The number of esters is 1. The van der Waals surface area contributed by atoms with Crippen molar-refractivity contribution in [3.63, 3.8) is 0 Å². The molecule has 5 heteroatoms. The van der Waals surface area contributed by atoms with Gasteiger partial charge in [0, 0.05) is 6.54 Å². The van der Waals surface area contributed by atoms with E-state index in [4.69, 9.17) is 11.0 Å². The minimum atomic E-state index is -0.523. The first-order valence-corrected chi connectivity index (χ1v) is 4.60. The average Bonchev–Trinajstić information content (AvgIpc) is 2.28. The molecular formula is C11H11FN2O2. The Bertz CT molecular complexity index is 452. The second kappa shape index (κ2) is 5.24. The lowest BCUT2D eigenvalue weighted by Crippen LogP contribution is -2.09. The molecule has 0 aromatic heterocycles.